The minimum Gasteiger partial charge on any atom is -0.357 e. The molecule has 1 spiro atoms. The molecule has 4 unspecified atom stereocenters. The molecule has 3 nitrogen and oxygen atoms in total. The lowest BCUT2D eigenvalue weighted by atomic mass is 9.87. The van der Waals surface area contributed by atoms with Crippen LogP contribution in [0.1, 0.15) is 64.8 Å². The summed E-state index contributed by atoms with van der Waals surface area (Å²) in [5.41, 5.74) is 15.8. The Balaban J connectivity index is 1.36. The van der Waals surface area contributed by atoms with Gasteiger partial charge in [0.05, 0.1) is 0 Å². The van der Waals surface area contributed by atoms with Gasteiger partial charge in [0.2, 0.25) is 0 Å². The average molecular weight is 870 g/mol. The first-order valence-electron chi connectivity index (χ1n) is 23.8. The molecule has 0 saturated heterocycles. The fraction of sp³-hybridized carbons (Fsp3) is 0.161. The number of benzene rings is 10. The number of hydrogen-bond acceptors (Lipinski definition) is 3. The molecular formula is C62H55N3Si. The molecule has 0 amide bonds. The van der Waals surface area contributed by atoms with E-state index in [4.69, 9.17) is 0 Å². The predicted molar refractivity (Wildman–Crippen MR) is 284 cm³/mol. The summed E-state index contributed by atoms with van der Waals surface area (Å²) in [5.74, 6) is 0.157. The highest BCUT2D eigenvalue weighted by Crippen LogP contribution is 2.64. The molecule has 0 aliphatic carbocycles. The van der Waals surface area contributed by atoms with E-state index in [2.05, 4.69) is 249 Å². The van der Waals surface area contributed by atoms with Crippen molar-refractivity contribution in [1.82, 2.24) is 0 Å². The summed E-state index contributed by atoms with van der Waals surface area (Å²) < 4.78 is 8.94. The van der Waals surface area contributed by atoms with Crippen molar-refractivity contribution < 1.29 is 0 Å². The van der Waals surface area contributed by atoms with Crippen LogP contribution >= 0.6 is 0 Å². The van der Waals surface area contributed by atoms with Gasteiger partial charge in [0.1, 0.15) is 0 Å². The van der Waals surface area contributed by atoms with Crippen molar-refractivity contribution in [1.29, 1.82) is 0 Å². The largest absolute Gasteiger partial charge is 0.393 e. The first-order chi connectivity index (χ1) is 32.2. The number of rotatable bonds is 5. The molecule has 0 bridgehead atoms. The maximum absolute atomic E-state index is 3.60. The fourth-order valence-corrected chi connectivity index (χ4v) is 18.6. The van der Waals surface area contributed by atoms with Gasteiger partial charge in [-0.3, -0.25) is 0 Å². The molecule has 4 atom stereocenters. The second-order valence-corrected chi connectivity index (χ2v) is 22.7. The van der Waals surface area contributed by atoms with E-state index >= 15 is 0 Å². The molecule has 12 rings (SSSR count). The first-order valence-corrected chi connectivity index (χ1v) is 25.7. The normalized spacial score (nSPS) is 18.6. The monoisotopic (exact) mass is 869 g/mol. The summed E-state index contributed by atoms with van der Waals surface area (Å²) in [4.78, 5) is 0. The Morgan fingerprint density at radius 2 is 0.773 bits per heavy atom. The van der Waals surface area contributed by atoms with Gasteiger partial charge in [-0.1, -0.05) is 187 Å². The van der Waals surface area contributed by atoms with Crippen LogP contribution in [0.3, 0.4) is 0 Å². The third-order valence-electron chi connectivity index (χ3n) is 15.2. The van der Waals surface area contributed by atoms with Gasteiger partial charge in [-0.25, -0.2) is 0 Å². The molecule has 0 aromatic heterocycles. The van der Waals surface area contributed by atoms with E-state index in [1.54, 1.807) is 0 Å². The number of hydrogen-bond donors (Lipinski definition) is 0. The molecule has 10 aromatic rings. The zero-order chi connectivity index (χ0) is 44.8. The van der Waals surface area contributed by atoms with Crippen LogP contribution in [0.25, 0.3) is 43.1 Å². The maximum Gasteiger partial charge on any atom is 0.393 e. The Morgan fingerprint density at radius 3 is 1.27 bits per heavy atom. The van der Waals surface area contributed by atoms with E-state index < -0.39 is 8.56 Å². The topological polar surface area (TPSA) is 9.72 Å². The fourth-order valence-electron chi connectivity index (χ4n) is 12.2. The Morgan fingerprint density at radius 1 is 0.409 bits per heavy atom. The zero-order valence-electron chi connectivity index (χ0n) is 38.8. The van der Waals surface area contributed by atoms with Crippen LogP contribution in [-0.4, -0.2) is 8.56 Å². The van der Waals surface area contributed by atoms with Crippen LogP contribution in [-0.2, 0) is 6.42 Å². The molecule has 0 fully saturated rings. The van der Waals surface area contributed by atoms with Gasteiger partial charge in [-0.05, 0) is 127 Å². The zero-order valence-corrected chi connectivity index (χ0v) is 39.8. The minimum absolute atomic E-state index is 0.0143. The first kappa shape index (κ1) is 40.4. The third-order valence-corrected chi connectivity index (χ3v) is 20.6. The van der Waals surface area contributed by atoms with Crippen LogP contribution in [0, 0.1) is 27.7 Å². The van der Waals surface area contributed by atoms with Crippen molar-refractivity contribution in [3.05, 3.63) is 233 Å². The van der Waals surface area contributed by atoms with Crippen molar-refractivity contribution in [2.45, 2.75) is 65.5 Å². The maximum atomic E-state index is 3.00. The molecule has 66 heavy (non-hydrogen) atoms. The Bertz CT molecular complexity index is 3490. The van der Waals surface area contributed by atoms with Crippen molar-refractivity contribution in [3.63, 3.8) is 0 Å². The highest BCUT2D eigenvalue weighted by Gasteiger charge is 2.67. The van der Waals surface area contributed by atoms with Crippen molar-refractivity contribution in [3.8, 4) is 0 Å². The second-order valence-electron chi connectivity index (χ2n) is 19.2. The van der Waals surface area contributed by atoms with Gasteiger partial charge in [-0.2, -0.15) is 0 Å². The molecule has 4 heteroatoms. The molecule has 0 radical (unpaired) electrons. The van der Waals surface area contributed by atoms with Crippen molar-refractivity contribution in [2.24, 2.45) is 0 Å². The molecule has 2 heterocycles. The predicted octanol–water partition coefficient (Wildman–Crippen LogP) is 16.8. The van der Waals surface area contributed by atoms with Gasteiger partial charge in [0, 0.05) is 56.4 Å². The van der Waals surface area contributed by atoms with Gasteiger partial charge in [0.25, 0.3) is 0 Å². The lowest BCUT2D eigenvalue weighted by molar-refractivity contribution is 0.610. The summed E-state index contributed by atoms with van der Waals surface area (Å²) in [5, 5.41) is 10.5. The lowest BCUT2D eigenvalue weighted by Gasteiger charge is -2.66. The van der Waals surface area contributed by atoms with Gasteiger partial charge >= 0.3 is 8.56 Å². The average Bonchev–Trinajstić information content (AvgIpc) is 3.35. The number of anilines is 5. The SMILES string of the molecule is Cc1ccc(C(C)C2Cc3c(c4ccccc4c4ccccc34)N(c3ccc(C)cc3)[Si]23N(c2ccc(C)cc2)c2c(c4ccccc4c4ccccc24)C(C)N3c2ccc(C)cc2)cc1. The summed E-state index contributed by atoms with van der Waals surface area (Å²) in [6.45, 7) is 13.9. The number of aryl methyl sites for hydroxylation is 4. The van der Waals surface area contributed by atoms with E-state index in [-0.39, 0.29) is 17.5 Å². The Kier molecular flexibility index (Phi) is 9.48. The number of nitrogens with zero attached hydrogens (tertiary/aromatic N) is 3. The molecule has 10 aromatic carbocycles. The molecule has 0 saturated carbocycles. The van der Waals surface area contributed by atoms with E-state index in [0.717, 1.165) is 6.42 Å². The van der Waals surface area contributed by atoms with Crippen LogP contribution in [0.15, 0.2) is 194 Å². The quantitative estimate of drug-likeness (QED) is 0.126. The molecule has 0 N–H and O–H groups in total. The summed E-state index contributed by atoms with van der Waals surface area (Å²) in [6.07, 6.45) is 0.905. The summed E-state index contributed by atoms with van der Waals surface area (Å²) >= 11 is 0. The Hall–Kier alpha value is -7.14. The van der Waals surface area contributed by atoms with E-state index in [1.807, 2.05) is 0 Å². The lowest BCUT2D eigenvalue weighted by Crippen LogP contribution is -2.80. The Labute approximate surface area is 390 Å². The molecule has 322 valence electrons. The van der Waals surface area contributed by atoms with Gasteiger partial charge in [-0.15, -0.1) is 0 Å². The second kappa shape index (κ2) is 15.5. The highest BCUT2D eigenvalue weighted by atomic mass is 28.4. The van der Waals surface area contributed by atoms with Gasteiger partial charge in [0.15, 0.2) is 0 Å². The molecule has 2 aliphatic rings. The van der Waals surface area contributed by atoms with Crippen LogP contribution in [0.5, 0.6) is 0 Å². The smallest absolute Gasteiger partial charge is 0.357 e. The van der Waals surface area contributed by atoms with Crippen LogP contribution < -0.4 is 13.7 Å². The van der Waals surface area contributed by atoms with E-state index in [9.17, 15) is 0 Å². The molecule has 2 aliphatic heterocycles. The van der Waals surface area contributed by atoms with Crippen LogP contribution in [0.4, 0.5) is 28.4 Å². The highest BCUT2D eigenvalue weighted by molar-refractivity contribution is 6.94. The van der Waals surface area contributed by atoms with Crippen molar-refractivity contribution >= 4 is 80.1 Å². The standard InChI is InChI=1S/C62H55N3Si/c1-40-23-31-46(32-24-40)44(5)59-39-58-54-19-8-7-15-50(54)52-17-10-13-21-56(52)61(58)64(48-35-27-42(3)28-36-48)66(59)63(47-33-25-41(2)26-34-47)45(6)60-55-20-12-9-16-51(55)53-18-11-14-22-57(53)62(60)65(66)49-37-29-43(4)30-38-49/h7-38,44-45,59H,39H2,1-6H3. The van der Waals surface area contributed by atoms with Gasteiger partial charge < -0.3 is 13.7 Å². The van der Waals surface area contributed by atoms with Crippen LogP contribution in [0.2, 0.25) is 5.54 Å². The van der Waals surface area contributed by atoms with E-state index in [0.29, 0.717) is 0 Å². The van der Waals surface area contributed by atoms with E-state index in [1.165, 1.54) is 110 Å². The summed E-state index contributed by atoms with van der Waals surface area (Å²) in [6, 6.07) is 75.0. The van der Waals surface area contributed by atoms with Crippen molar-refractivity contribution in [2.75, 3.05) is 13.7 Å². The summed E-state index contributed by atoms with van der Waals surface area (Å²) in [7, 11) is -3.60. The number of fused-ring (bicyclic) bond motifs is 12. The molecular weight excluding hydrogens is 815 g/mol. The minimum atomic E-state index is -3.60. The third kappa shape index (κ3) is 5.94.